The van der Waals surface area contributed by atoms with Crippen LogP contribution in [0.1, 0.15) is 30.9 Å². The van der Waals surface area contributed by atoms with Crippen molar-refractivity contribution < 1.29 is 0 Å². The first-order valence-electron chi connectivity index (χ1n) is 5.74. The third-order valence-electron chi connectivity index (χ3n) is 3.22. The molecule has 1 heterocycles. The quantitative estimate of drug-likeness (QED) is 0.798. The normalized spacial score (nSPS) is 19.5. The largest absolute Gasteiger partial charge is 0.384 e. The third-order valence-corrected chi connectivity index (χ3v) is 3.58. The summed E-state index contributed by atoms with van der Waals surface area (Å²) < 4.78 is 0. The number of aryl methyl sites for hydroxylation is 1. The van der Waals surface area contributed by atoms with Crippen LogP contribution in [0.25, 0.3) is 0 Å². The molecule has 1 aromatic rings. The Morgan fingerprint density at radius 3 is 3.00 bits per heavy atom. The second kappa shape index (κ2) is 4.44. The Labute approximate surface area is 96.8 Å². The van der Waals surface area contributed by atoms with Crippen molar-refractivity contribution in [1.29, 1.82) is 0 Å². The van der Waals surface area contributed by atoms with E-state index in [1.807, 2.05) is 6.07 Å². The molecule has 82 valence electrons. The van der Waals surface area contributed by atoms with Crippen molar-refractivity contribution in [3.05, 3.63) is 28.3 Å². The van der Waals surface area contributed by atoms with E-state index in [0.29, 0.717) is 0 Å². The topological polar surface area (TPSA) is 12.0 Å². The smallest absolute Gasteiger partial charge is 0.0458 e. The molecule has 0 fully saturated rings. The minimum Gasteiger partial charge on any atom is -0.384 e. The van der Waals surface area contributed by atoms with Crippen LogP contribution < -0.4 is 5.32 Å². The average molecular weight is 224 g/mol. The average Bonchev–Trinajstić information content (AvgIpc) is 2.24. The Morgan fingerprint density at radius 2 is 2.27 bits per heavy atom. The predicted octanol–water partition coefficient (Wildman–Crippen LogP) is 4.03. The zero-order valence-corrected chi connectivity index (χ0v) is 10.2. The molecule has 0 radical (unpaired) electrons. The molecule has 1 unspecified atom stereocenters. The first-order valence-corrected chi connectivity index (χ1v) is 6.12. The lowest BCUT2D eigenvalue weighted by Crippen LogP contribution is -2.23. The molecular formula is C13H18ClN. The first-order chi connectivity index (χ1) is 7.22. The van der Waals surface area contributed by atoms with E-state index in [4.69, 9.17) is 11.6 Å². The fraction of sp³-hybridized carbons (Fsp3) is 0.538. The van der Waals surface area contributed by atoms with Crippen molar-refractivity contribution in [2.24, 2.45) is 5.92 Å². The molecule has 0 aliphatic carbocycles. The van der Waals surface area contributed by atoms with Gasteiger partial charge in [-0.15, -0.1) is 0 Å². The molecule has 0 bridgehead atoms. The maximum Gasteiger partial charge on any atom is 0.0458 e. The van der Waals surface area contributed by atoms with Gasteiger partial charge in [-0.25, -0.2) is 0 Å². The fourth-order valence-corrected chi connectivity index (χ4v) is 2.64. The zero-order chi connectivity index (χ0) is 10.8. The number of anilines is 1. The molecule has 2 heteroatoms. The van der Waals surface area contributed by atoms with Gasteiger partial charge in [0.2, 0.25) is 0 Å². The number of benzene rings is 1. The lowest BCUT2D eigenvalue weighted by atomic mass is 9.89. The Bertz CT molecular complexity index is 360. The number of rotatable bonds is 2. The standard InChI is InChI=1S/C13H18ClN/c1-3-4-10-7-11-12(14)6-5-9(2)13(11)15-8-10/h5-6,10,15H,3-4,7-8H2,1-2H3. The van der Waals surface area contributed by atoms with E-state index in [1.54, 1.807) is 0 Å². The van der Waals surface area contributed by atoms with Crippen molar-refractivity contribution in [3.8, 4) is 0 Å². The molecule has 15 heavy (non-hydrogen) atoms. The van der Waals surface area contributed by atoms with Gasteiger partial charge < -0.3 is 5.32 Å². The van der Waals surface area contributed by atoms with Gasteiger partial charge >= 0.3 is 0 Å². The molecule has 1 atom stereocenters. The van der Waals surface area contributed by atoms with E-state index in [-0.39, 0.29) is 0 Å². The highest BCUT2D eigenvalue weighted by Gasteiger charge is 2.20. The fourth-order valence-electron chi connectivity index (χ4n) is 2.40. The van der Waals surface area contributed by atoms with Crippen LogP contribution in [0.3, 0.4) is 0 Å². The van der Waals surface area contributed by atoms with Gasteiger partial charge in [0.05, 0.1) is 0 Å². The summed E-state index contributed by atoms with van der Waals surface area (Å²) in [6, 6.07) is 4.11. The zero-order valence-electron chi connectivity index (χ0n) is 9.44. The Balaban J connectivity index is 2.28. The number of nitrogens with one attached hydrogen (secondary N) is 1. The second-order valence-corrected chi connectivity index (χ2v) is 4.86. The molecule has 2 rings (SSSR count). The Morgan fingerprint density at radius 1 is 1.47 bits per heavy atom. The van der Waals surface area contributed by atoms with E-state index in [2.05, 4.69) is 25.2 Å². The van der Waals surface area contributed by atoms with Gasteiger partial charge in [0.1, 0.15) is 0 Å². The number of halogens is 1. The highest BCUT2D eigenvalue weighted by Crippen LogP contribution is 2.34. The maximum atomic E-state index is 6.24. The van der Waals surface area contributed by atoms with Crippen molar-refractivity contribution in [2.75, 3.05) is 11.9 Å². The van der Waals surface area contributed by atoms with Crippen LogP contribution >= 0.6 is 11.6 Å². The molecule has 0 aromatic heterocycles. The molecule has 1 aromatic carbocycles. The highest BCUT2D eigenvalue weighted by atomic mass is 35.5. The van der Waals surface area contributed by atoms with Gasteiger partial charge in [0.15, 0.2) is 0 Å². The van der Waals surface area contributed by atoms with Crippen LogP contribution in [0, 0.1) is 12.8 Å². The Kier molecular flexibility index (Phi) is 3.20. The highest BCUT2D eigenvalue weighted by molar-refractivity contribution is 6.31. The molecule has 1 nitrogen and oxygen atoms in total. The molecule has 1 N–H and O–H groups in total. The number of fused-ring (bicyclic) bond motifs is 1. The van der Waals surface area contributed by atoms with E-state index >= 15 is 0 Å². The monoisotopic (exact) mass is 223 g/mol. The summed E-state index contributed by atoms with van der Waals surface area (Å²) >= 11 is 6.24. The van der Waals surface area contributed by atoms with Crippen molar-refractivity contribution >= 4 is 17.3 Å². The van der Waals surface area contributed by atoms with Crippen LogP contribution in [0.2, 0.25) is 5.02 Å². The van der Waals surface area contributed by atoms with E-state index in [0.717, 1.165) is 23.9 Å². The molecule has 1 aliphatic rings. The molecule has 0 saturated heterocycles. The van der Waals surface area contributed by atoms with E-state index < -0.39 is 0 Å². The van der Waals surface area contributed by atoms with Gasteiger partial charge in [0.25, 0.3) is 0 Å². The molecule has 1 aliphatic heterocycles. The summed E-state index contributed by atoms with van der Waals surface area (Å²) in [5.41, 5.74) is 3.90. The summed E-state index contributed by atoms with van der Waals surface area (Å²) in [6.45, 7) is 5.48. The number of hydrogen-bond acceptors (Lipinski definition) is 1. The van der Waals surface area contributed by atoms with E-state index in [9.17, 15) is 0 Å². The van der Waals surface area contributed by atoms with Gasteiger partial charge in [0, 0.05) is 17.3 Å². The predicted molar refractivity (Wildman–Crippen MR) is 66.8 cm³/mol. The van der Waals surface area contributed by atoms with Crippen LogP contribution in [-0.4, -0.2) is 6.54 Å². The van der Waals surface area contributed by atoms with Crippen LogP contribution in [-0.2, 0) is 6.42 Å². The van der Waals surface area contributed by atoms with Gasteiger partial charge in [-0.3, -0.25) is 0 Å². The molecule has 0 spiro atoms. The van der Waals surface area contributed by atoms with Gasteiger partial charge in [-0.05, 0) is 42.9 Å². The second-order valence-electron chi connectivity index (χ2n) is 4.46. The Hall–Kier alpha value is -0.690. The molecular weight excluding hydrogens is 206 g/mol. The van der Waals surface area contributed by atoms with Crippen molar-refractivity contribution in [2.45, 2.75) is 33.1 Å². The van der Waals surface area contributed by atoms with Crippen LogP contribution in [0.4, 0.5) is 5.69 Å². The van der Waals surface area contributed by atoms with Crippen molar-refractivity contribution in [3.63, 3.8) is 0 Å². The van der Waals surface area contributed by atoms with Gasteiger partial charge in [-0.2, -0.15) is 0 Å². The lowest BCUT2D eigenvalue weighted by Gasteiger charge is -2.28. The summed E-state index contributed by atoms with van der Waals surface area (Å²) in [5.74, 6) is 0.752. The SMILES string of the molecule is CCCC1CNc2c(C)ccc(Cl)c2C1. The minimum absolute atomic E-state index is 0.752. The summed E-state index contributed by atoms with van der Waals surface area (Å²) in [7, 11) is 0. The molecule has 0 amide bonds. The number of hydrogen-bond donors (Lipinski definition) is 1. The summed E-state index contributed by atoms with van der Waals surface area (Å²) in [6.07, 6.45) is 3.68. The maximum absolute atomic E-state index is 6.24. The summed E-state index contributed by atoms with van der Waals surface area (Å²) in [5, 5.41) is 4.44. The lowest BCUT2D eigenvalue weighted by molar-refractivity contribution is 0.489. The molecule has 0 saturated carbocycles. The van der Waals surface area contributed by atoms with Gasteiger partial charge in [-0.1, -0.05) is 31.0 Å². The minimum atomic E-state index is 0.752. The summed E-state index contributed by atoms with van der Waals surface area (Å²) in [4.78, 5) is 0. The van der Waals surface area contributed by atoms with Crippen LogP contribution in [0.15, 0.2) is 12.1 Å². The van der Waals surface area contributed by atoms with Crippen molar-refractivity contribution in [1.82, 2.24) is 0 Å². The van der Waals surface area contributed by atoms with Crippen LogP contribution in [0.5, 0.6) is 0 Å². The third kappa shape index (κ3) is 2.12. The first kappa shape index (κ1) is 10.8. The van der Waals surface area contributed by atoms with E-state index in [1.165, 1.54) is 29.7 Å².